The summed E-state index contributed by atoms with van der Waals surface area (Å²) in [5.41, 5.74) is 2.51. The van der Waals surface area contributed by atoms with Gasteiger partial charge in [0.05, 0.1) is 23.7 Å². The molecule has 0 aliphatic carbocycles. The number of anilines is 1. The van der Waals surface area contributed by atoms with Crippen molar-refractivity contribution >= 4 is 34.6 Å². The van der Waals surface area contributed by atoms with Crippen LogP contribution in [0.5, 0.6) is 0 Å². The highest BCUT2D eigenvalue weighted by Gasteiger charge is 2.35. The van der Waals surface area contributed by atoms with Gasteiger partial charge in [0.25, 0.3) is 0 Å². The summed E-state index contributed by atoms with van der Waals surface area (Å²) in [6, 6.07) is 14.8. The molecule has 4 rings (SSSR count). The molecule has 1 aromatic carbocycles. The maximum atomic E-state index is 12.5. The van der Waals surface area contributed by atoms with E-state index in [4.69, 9.17) is 11.6 Å². The maximum Gasteiger partial charge on any atom is 0.227 e. The Hall–Kier alpha value is -2.86. The average molecular weight is 369 g/mol. The molecule has 0 saturated carbocycles. The molecule has 2 aromatic heterocycles. The smallest absolute Gasteiger partial charge is 0.227 e. The van der Waals surface area contributed by atoms with Crippen molar-refractivity contribution in [2.75, 3.05) is 11.4 Å². The van der Waals surface area contributed by atoms with Gasteiger partial charge >= 0.3 is 0 Å². The van der Waals surface area contributed by atoms with Crippen LogP contribution in [0.2, 0.25) is 5.02 Å². The third-order valence-electron chi connectivity index (χ3n) is 4.50. The molecule has 3 aromatic rings. The standard InChI is InChI=1S/C19H17ClN4O2/c20-14-4-6-16(7-5-14)23-12-13(9-18(23)25)19(26)21-11-15-10-17-3-1-2-8-24(17)22-15/h1-8,10,13H,9,11-12H2,(H,21,26). The highest BCUT2D eigenvalue weighted by Crippen LogP contribution is 2.26. The molecule has 3 heterocycles. The van der Waals surface area contributed by atoms with Gasteiger partial charge in [-0.05, 0) is 42.5 Å². The molecule has 132 valence electrons. The van der Waals surface area contributed by atoms with Crippen molar-refractivity contribution in [2.24, 2.45) is 5.92 Å². The molecule has 0 bridgehead atoms. The van der Waals surface area contributed by atoms with E-state index in [9.17, 15) is 9.59 Å². The van der Waals surface area contributed by atoms with Crippen LogP contribution in [0.15, 0.2) is 54.7 Å². The summed E-state index contributed by atoms with van der Waals surface area (Å²) in [4.78, 5) is 26.4. The van der Waals surface area contributed by atoms with Gasteiger partial charge in [0.1, 0.15) is 0 Å². The van der Waals surface area contributed by atoms with Gasteiger partial charge in [0, 0.05) is 29.9 Å². The molecule has 1 aliphatic rings. The number of hydrogen-bond donors (Lipinski definition) is 1. The summed E-state index contributed by atoms with van der Waals surface area (Å²) in [7, 11) is 0. The van der Waals surface area contributed by atoms with Crippen molar-refractivity contribution in [1.82, 2.24) is 14.9 Å². The number of nitrogens with zero attached hydrogens (tertiary/aromatic N) is 3. The summed E-state index contributed by atoms with van der Waals surface area (Å²) in [5.74, 6) is -0.553. The molecular weight excluding hydrogens is 352 g/mol. The summed E-state index contributed by atoms with van der Waals surface area (Å²) in [6.07, 6.45) is 2.07. The number of carbonyl (C=O) groups excluding carboxylic acids is 2. The van der Waals surface area contributed by atoms with Gasteiger partial charge in [-0.3, -0.25) is 9.59 Å². The minimum absolute atomic E-state index is 0.0554. The first-order valence-corrected chi connectivity index (χ1v) is 8.75. The lowest BCUT2D eigenvalue weighted by Crippen LogP contribution is -2.32. The summed E-state index contributed by atoms with van der Waals surface area (Å²) >= 11 is 5.89. The van der Waals surface area contributed by atoms with Crippen molar-refractivity contribution in [3.8, 4) is 0 Å². The van der Waals surface area contributed by atoms with Gasteiger partial charge in [-0.15, -0.1) is 0 Å². The number of fused-ring (bicyclic) bond motifs is 1. The highest BCUT2D eigenvalue weighted by molar-refractivity contribution is 6.30. The molecule has 26 heavy (non-hydrogen) atoms. The Morgan fingerprint density at radius 2 is 2.04 bits per heavy atom. The number of rotatable bonds is 4. The third kappa shape index (κ3) is 3.28. The number of carbonyl (C=O) groups is 2. The van der Waals surface area contributed by atoms with Crippen LogP contribution in [0.25, 0.3) is 5.52 Å². The number of nitrogens with one attached hydrogen (secondary N) is 1. The van der Waals surface area contributed by atoms with Gasteiger partial charge < -0.3 is 10.2 Å². The summed E-state index contributed by atoms with van der Waals surface area (Å²) in [6.45, 7) is 0.712. The number of amides is 2. The highest BCUT2D eigenvalue weighted by atomic mass is 35.5. The lowest BCUT2D eigenvalue weighted by Gasteiger charge is -2.16. The molecule has 0 spiro atoms. The minimum atomic E-state index is -0.366. The predicted molar refractivity (Wildman–Crippen MR) is 99.0 cm³/mol. The van der Waals surface area contributed by atoms with Crippen LogP contribution in [-0.2, 0) is 16.1 Å². The average Bonchev–Trinajstić information content (AvgIpc) is 3.23. The Labute approximate surface area is 155 Å². The van der Waals surface area contributed by atoms with Crippen LogP contribution < -0.4 is 10.2 Å². The van der Waals surface area contributed by atoms with E-state index in [1.165, 1.54) is 0 Å². The van der Waals surface area contributed by atoms with Crippen LogP contribution in [-0.4, -0.2) is 28.0 Å². The second-order valence-electron chi connectivity index (χ2n) is 6.31. The van der Waals surface area contributed by atoms with E-state index in [0.29, 0.717) is 18.1 Å². The van der Waals surface area contributed by atoms with Crippen LogP contribution >= 0.6 is 11.6 Å². The summed E-state index contributed by atoms with van der Waals surface area (Å²) < 4.78 is 1.77. The Morgan fingerprint density at radius 1 is 1.23 bits per heavy atom. The topological polar surface area (TPSA) is 66.7 Å². The minimum Gasteiger partial charge on any atom is -0.350 e. The van der Waals surface area contributed by atoms with Gasteiger partial charge in [0.2, 0.25) is 11.8 Å². The predicted octanol–water partition coefficient (Wildman–Crippen LogP) is 2.66. The molecule has 1 N–H and O–H groups in total. The molecule has 2 amide bonds. The van der Waals surface area contributed by atoms with Crippen LogP contribution in [0.4, 0.5) is 5.69 Å². The maximum absolute atomic E-state index is 12.5. The largest absolute Gasteiger partial charge is 0.350 e. The second-order valence-corrected chi connectivity index (χ2v) is 6.74. The Balaban J connectivity index is 1.39. The first kappa shape index (κ1) is 16.6. The van der Waals surface area contributed by atoms with E-state index in [2.05, 4.69) is 10.4 Å². The van der Waals surface area contributed by atoms with E-state index in [-0.39, 0.29) is 24.2 Å². The molecule has 1 aliphatic heterocycles. The van der Waals surface area contributed by atoms with Gasteiger partial charge in [-0.25, -0.2) is 4.52 Å². The molecular formula is C19H17ClN4O2. The van der Waals surface area contributed by atoms with Gasteiger partial charge in [0.15, 0.2) is 0 Å². The first-order chi connectivity index (χ1) is 12.6. The molecule has 6 nitrogen and oxygen atoms in total. The number of halogens is 1. The van der Waals surface area contributed by atoms with E-state index in [1.54, 1.807) is 33.7 Å². The van der Waals surface area contributed by atoms with Crippen LogP contribution in [0.3, 0.4) is 0 Å². The number of benzene rings is 1. The Morgan fingerprint density at radius 3 is 2.81 bits per heavy atom. The fourth-order valence-corrected chi connectivity index (χ4v) is 3.28. The molecule has 1 saturated heterocycles. The lowest BCUT2D eigenvalue weighted by molar-refractivity contribution is -0.126. The van der Waals surface area contributed by atoms with E-state index in [0.717, 1.165) is 16.9 Å². The monoisotopic (exact) mass is 368 g/mol. The molecule has 1 atom stereocenters. The Bertz CT molecular complexity index is 934. The van der Waals surface area contributed by atoms with Crippen molar-refractivity contribution < 1.29 is 9.59 Å². The second kappa shape index (κ2) is 6.80. The zero-order chi connectivity index (χ0) is 18.1. The fourth-order valence-electron chi connectivity index (χ4n) is 3.15. The van der Waals surface area contributed by atoms with E-state index >= 15 is 0 Å². The van der Waals surface area contributed by atoms with Crippen LogP contribution in [0.1, 0.15) is 12.1 Å². The zero-order valence-electron chi connectivity index (χ0n) is 13.9. The van der Waals surface area contributed by atoms with E-state index < -0.39 is 0 Å². The third-order valence-corrected chi connectivity index (χ3v) is 4.75. The number of aromatic nitrogens is 2. The molecule has 1 unspecified atom stereocenters. The Kier molecular flexibility index (Phi) is 4.34. The SMILES string of the molecule is O=C(NCc1cc2ccccn2n1)C1CC(=O)N(c2ccc(Cl)cc2)C1. The quantitative estimate of drug-likeness (QED) is 0.769. The number of hydrogen-bond acceptors (Lipinski definition) is 3. The van der Waals surface area contributed by atoms with Crippen molar-refractivity contribution in [1.29, 1.82) is 0 Å². The molecule has 7 heteroatoms. The fraction of sp³-hybridized carbons (Fsp3) is 0.211. The number of pyridine rings is 1. The molecule has 0 radical (unpaired) electrons. The van der Waals surface area contributed by atoms with Crippen molar-refractivity contribution in [3.63, 3.8) is 0 Å². The zero-order valence-corrected chi connectivity index (χ0v) is 14.7. The van der Waals surface area contributed by atoms with Gasteiger partial charge in [-0.2, -0.15) is 5.10 Å². The normalized spacial score (nSPS) is 17.0. The molecule has 1 fully saturated rings. The van der Waals surface area contributed by atoms with E-state index in [1.807, 2.05) is 30.5 Å². The first-order valence-electron chi connectivity index (χ1n) is 8.37. The van der Waals surface area contributed by atoms with Crippen LogP contribution in [0, 0.1) is 5.92 Å². The summed E-state index contributed by atoms with van der Waals surface area (Å²) in [5, 5.41) is 7.91. The van der Waals surface area contributed by atoms with Gasteiger partial charge in [-0.1, -0.05) is 17.7 Å². The van der Waals surface area contributed by atoms with Crippen molar-refractivity contribution in [3.05, 3.63) is 65.4 Å². The lowest BCUT2D eigenvalue weighted by atomic mass is 10.1. The van der Waals surface area contributed by atoms with Crippen molar-refractivity contribution in [2.45, 2.75) is 13.0 Å².